The van der Waals surface area contributed by atoms with Crippen LogP contribution in [0.3, 0.4) is 0 Å². The lowest BCUT2D eigenvalue weighted by Crippen LogP contribution is -2.18. The summed E-state index contributed by atoms with van der Waals surface area (Å²) in [6.45, 7) is 1.92. The average molecular weight is 384 g/mol. The number of methoxy groups -OCH3 is 1. The van der Waals surface area contributed by atoms with E-state index in [4.69, 9.17) is 4.74 Å². The Kier molecular flexibility index (Phi) is 6.73. The predicted octanol–water partition coefficient (Wildman–Crippen LogP) is 3.58. The second-order valence-corrected chi connectivity index (χ2v) is 5.86. The van der Waals surface area contributed by atoms with Crippen molar-refractivity contribution in [3.8, 4) is 5.75 Å². The highest BCUT2D eigenvalue weighted by molar-refractivity contribution is 5.94. The zero-order valence-corrected chi connectivity index (χ0v) is 14.8. The van der Waals surface area contributed by atoms with Gasteiger partial charge in [0.05, 0.1) is 0 Å². The largest absolute Gasteiger partial charge is 0.573 e. The zero-order valence-electron chi connectivity index (χ0n) is 14.8. The summed E-state index contributed by atoms with van der Waals surface area (Å²) in [7, 11) is 1.44. The molecule has 0 aliphatic carbocycles. The van der Waals surface area contributed by atoms with E-state index in [1.165, 1.54) is 31.4 Å². The number of alkyl halides is 3. The van der Waals surface area contributed by atoms with Gasteiger partial charge in [0.25, 0.3) is 5.56 Å². The fraction of sp³-hybridized carbons (Fsp3) is 0.389. The third-order valence-corrected chi connectivity index (χ3v) is 3.87. The molecule has 0 amide bonds. The minimum absolute atomic E-state index is 0.0290. The van der Waals surface area contributed by atoms with Crippen molar-refractivity contribution in [3.63, 3.8) is 0 Å². The SMILES string of the molecule is CC[C@@H](CC(=O)c1cc(=O)[nH]c(COC)n1)c1ccc(OC(F)(F)F)cc1. The number of nitrogens with zero attached hydrogens (tertiary/aromatic N) is 1. The Morgan fingerprint density at radius 2 is 1.93 bits per heavy atom. The maximum absolute atomic E-state index is 12.5. The van der Waals surface area contributed by atoms with Crippen LogP contribution in [0.15, 0.2) is 35.1 Å². The molecule has 0 fully saturated rings. The lowest BCUT2D eigenvalue weighted by molar-refractivity contribution is -0.274. The Hall–Kier alpha value is -2.68. The number of Topliss-reactive ketones (excluding diaryl/α,β-unsaturated/α-hetero) is 1. The highest BCUT2D eigenvalue weighted by Crippen LogP contribution is 2.28. The normalized spacial score (nSPS) is 12.6. The standard InChI is InChI=1S/C18H19F3N2O4/c1-3-11(12-4-6-13(7-5-12)27-18(19,20)21)8-15(24)14-9-17(25)23-16(22-14)10-26-2/h4-7,9,11H,3,8,10H2,1-2H3,(H,22,23,25)/t11-/m0/s1. The van der Waals surface area contributed by atoms with Crippen molar-refractivity contribution in [2.75, 3.05) is 7.11 Å². The van der Waals surface area contributed by atoms with Crippen LogP contribution in [0.25, 0.3) is 0 Å². The van der Waals surface area contributed by atoms with Crippen LogP contribution in [0.2, 0.25) is 0 Å². The molecular formula is C18H19F3N2O4. The van der Waals surface area contributed by atoms with Crippen LogP contribution in [0.4, 0.5) is 13.2 Å². The zero-order chi connectivity index (χ0) is 20.0. The van der Waals surface area contributed by atoms with Gasteiger partial charge in [-0.1, -0.05) is 19.1 Å². The molecule has 0 aliphatic rings. The molecule has 2 aromatic rings. The van der Waals surface area contributed by atoms with Crippen LogP contribution in [-0.4, -0.2) is 29.2 Å². The number of rotatable bonds is 8. The fourth-order valence-corrected chi connectivity index (χ4v) is 2.62. The molecule has 0 aliphatic heterocycles. The summed E-state index contributed by atoms with van der Waals surface area (Å²) in [4.78, 5) is 30.7. The van der Waals surface area contributed by atoms with E-state index in [-0.39, 0.29) is 42.0 Å². The van der Waals surface area contributed by atoms with Gasteiger partial charge in [0, 0.05) is 19.6 Å². The maximum Gasteiger partial charge on any atom is 0.573 e. The van der Waals surface area contributed by atoms with Crippen LogP contribution >= 0.6 is 0 Å². The summed E-state index contributed by atoms with van der Waals surface area (Å²) in [6, 6.07) is 6.51. The quantitative estimate of drug-likeness (QED) is 0.704. The van der Waals surface area contributed by atoms with Crippen molar-refractivity contribution in [2.45, 2.75) is 38.7 Å². The van der Waals surface area contributed by atoms with E-state index in [0.29, 0.717) is 12.0 Å². The van der Waals surface area contributed by atoms with Crippen molar-refractivity contribution >= 4 is 5.78 Å². The first-order chi connectivity index (χ1) is 12.7. The van der Waals surface area contributed by atoms with E-state index in [0.717, 1.165) is 6.07 Å². The van der Waals surface area contributed by atoms with Crippen LogP contribution in [0.1, 0.15) is 47.6 Å². The molecule has 0 spiro atoms. The Balaban J connectivity index is 2.14. The van der Waals surface area contributed by atoms with Gasteiger partial charge >= 0.3 is 6.36 Å². The number of ketones is 1. The summed E-state index contributed by atoms with van der Waals surface area (Å²) >= 11 is 0. The molecule has 6 nitrogen and oxygen atoms in total. The van der Waals surface area contributed by atoms with Gasteiger partial charge in [0.1, 0.15) is 23.9 Å². The number of ether oxygens (including phenoxy) is 2. The third kappa shape index (κ3) is 6.21. The van der Waals surface area contributed by atoms with Crippen molar-refractivity contribution in [1.82, 2.24) is 9.97 Å². The molecule has 0 unspecified atom stereocenters. The molecule has 0 saturated heterocycles. The third-order valence-electron chi connectivity index (χ3n) is 3.87. The second kappa shape index (κ2) is 8.81. The van der Waals surface area contributed by atoms with Gasteiger partial charge in [-0.25, -0.2) is 4.98 Å². The second-order valence-electron chi connectivity index (χ2n) is 5.86. The molecule has 1 aromatic carbocycles. The first-order valence-electron chi connectivity index (χ1n) is 8.20. The van der Waals surface area contributed by atoms with Gasteiger partial charge in [-0.3, -0.25) is 9.59 Å². The van der Waals surface area contributed by atoms with Crippen LogP contribution < -0.4 is 10.3 Å². The van der Waals surface area contributed by atoms with Crippen LogP contribution in [-0.2, 0) is 11.3 Å². The Bertz CT molecular complexity index is 832. The van der Waals surface area contributed by atoms with Gasteiger partial charge in [-0.2, -0.15) is 0 Å². The van der Waals surface area contributed by atoms with Gasteiger partial charge < -0.3 is 14.5 Å². The summed E-state index contributed by atoms with van der Waals surface area (Å²) in [5.74, 6) is -0.645. The molecule has 0 bridgehead atoms. The molecule has 1 heterocycles. The van der Waals surface area contributed by atoms with E-state index >= 15 is 0 Å². The van der Waals surface area contributed by atoms with Gasteiger partial charge in [0.15, 0.2) is 5.78 Å². The van der Waals surface area contributed by atoms with E-state index in [1.807, 2.05) is 6.92 Å². The molecule has 27 heavy (non-hydrogen) atoms. The smallest absolute Gasteiger partial charge is 0.406 e. The van der Waals surface area contributed by atoms with Crippen LogP contribution in [0, 0.1) is 0 Å². The number of benzene rings is 1. The predicted molar refractivity (Wildman–Crippen MR) is 90.7 cm³/mol. The lowest BCUT2D eigenvalue weighted by Gasteiger charge is -2.16. The van der Waals surface area contributed by atoms with E-state index in [9.17, 15) is 22.8 Å². The fourth-order valence-electron chi connectivity index (χ4n) is 2.62. The number of carbonyl (C=O) groups is 1. The van der Waals surface area contributed by atoms with Crippen molar-refractivity contribution in [2.24, 2.45) is 0 Å². The van der Waals surface area contributed by atoms with Crippen molar-refractivity contribution in [1.29, 1.82) is 0 Å². The first kappa shape index (κ1) is 20.6. The lowest BCUT2D eigenvalue weighted by atomic mass is 9.90. The Morgan fingerprint density at radius 1 is 1.26 bits per heavy atom. The van der Waals surface area contributed by atoms with Crippen molar-refractivity contribution in [3.05, 3.63) is 57.8 Å². The molecule has 1 atom stereocenters. The molecular weight excluding hydrogens is 365 g/mol. The minimum atomic E-state index is -4.76. The first-order valence-corrected chi connectivity index (χ1v) is 8.20. The van der Waals surface area contributed by atoms with Gasteiger partial charge in [-0.15, -0.1) is 13.2 Å². The number of aromatic nitrogens is 2. The van der Waals surface area contributed by atoms with Crippen LogP contribution in [0.5, 0.6) is 5.75 Å². The molecule has 1 N–H and O–H groups in total. The average Bonchev–Trinajstić information content (AvgIpc) is 2.58. The van der Waals surface area contributed by atoms with E-state index in [1.54, 1.807) is 0 Å². The number of carbonyl (C=O) groups excluding carboxylic acids is 1. The van der Waals surface area contributed by atoms with Gasteiger partial charge in [0.2, 0.25) is 0 Å². The maximum atomic E-state index is 12.5. The summed E-state index contributed by atoms with van der Waals surface area (Å²) in [5.41, 5.74) is 0.269. The molecule has 0 radical (unpaired) electrons. The molecule has 1 aromatic heterocycles. The number of hydrogen-bond acceptors (Lipinski definition) is 5. The highest BCUT2D eigenvalue weighted by Gasteiger charge is 2.31. The molecule has 2 rings (SSSR count). The summed E-state index contributed by atoms with van der Waals surface area (Å²) in [6.07, 6.45) is -4.11. The van der Waals surface area contributed by atoms with E-state index < -0.39 is 11.9 Å². The monoisotopic (exact) mass is 384 g/mol. The van der Waals surface area contributed by atoms with Gasteiger partial charge in [-0.05, 0) is 30.0 Å². The Labute approximate surface area is 153 Å². The summed E-state index contributed by atoms with van der Waals surface area (Å²) < 4.78 is 45.4. The molecule has 146 valence electrons. The Morgan fingerprint density at radius 3 is 2.48 bits per heavy atom. The van der Waals surface area contributed by atoms with E-state index in [2.05, 4.69) is 14.7 Å². The topological polar surface area (TPSA) is 81.3 Å². The number of aromatic amines is 1. The number of H-pyrrole nitrogens is 1. The number of nitrogens with one attached hydrogen (secondary N) is 1. The highest BCUT2D eigenvalue weighted by atomic mass is 19.4. The minimum Gasteiger partial charge on any atom is -0.406 e. The number of halogens is 3. The molecule has 0 saturated carbocycles. The number of hydrogen-bond donors (Lipinski definition) is 1. The molecule has 9 heteroatoms. The van der Waals surface area contributed by atoms with Crippen molar-refractivity contribution < 1.29 is 27.4 Å². The summed E-state index contributed by atoms with van der Waals surface area (Å²) in [5, 5.41) is 0.